The molecule has 2 aliphatic rings. The summed E-state index contributed by atoms with van der Waals surface area (Å²) in [4.78, 5) is 2.61. The van der Waals surface area contributed by atoms with Gasteiger partial charge in [0.1, 0.15) is 0 Å². The zero-order chi connectivity index (χ0) is 16.3. The minimum Gasteiger partial charge on any atom is -0.388 e. The molecule has 3 nitrogen and oxygen atoms in total. The number of nitrogens with one attached hydrogen (secondary N) is 1. The van der Waals surface area contributed by atoms with Crippen LogP contribution in [0.2, 0.25) is 0 Å². The van der Waals surface area contributed by atoms with Crippen molar-refractivity contribution >= 4 is 11.8 Å². The van der Waals surface area contributed by atoms with E-state index in [0.29, 0.717) is 12.6 Å². The van der Waals surface area contributed by atoms with Gasteiger partial charge in [-0.15, -0.1) is 0 Å². The van der Waals surface area contributed by atoms with Gasteiger partial charge < -0.3 is 10.4 Å². The van der Waals surface area contributed by atoms with E-state index in [2.05, 4.69) is 46.8 Å². The number of aliphatic hydroxyl groups is 1. The monoisotopic (exact) mass is 334 g/mol. The maximum atomic E-state index is 10.4. The van der Waals surface area contributed by atoms with E-state index in [1.54, 1.807) is 11.8 Å². The van der Waals surface area contributed by atoms with Crippen LogP contribution < -0.4 is 5.32 Å². The molecule has 4 atom stereocenters. The topological polar surface area (TPSA) is 35.5 Å². The number of hydrogen-bond acceptors (Lipinski definition) is 4. The van der Waals surface area contributed by atoms with E-state index in [1.807, 2.05) is 6.92 Å². The van der Waals surface area contributed by atoms with Crippen LogP contribution in [-0.4, -0.2) is 53.3 Å². The summed E-state index contributed by atoms with van der Waals surface area (Å²) in [5.41, 5.74) is 0.819. The van der Waals surface area contributed by atoms with Crippen molar-refractivity contribution in [2.45, 2.75) is 38.0 Å². The Labute approximate surface area is 144 Å². The SMILES string of the molecule is CSCC(C)(O)CNC1CCC2CN(Cc3ccccc3)CC21. The maximum Gasteiger partial charge on any atom is 0.0833 e. The van der Waals surface area contributed by atoms with E-state index in [0.717, 1.165) is 24.1 Å². The normalized spacial score (nSPS) is 30.3. The summed E-state index contributed by atoms with van der Waals surface area (Å²) in [7, 11) is 0. The van der Waals surface area contributed by atoms with Crippen molar-refractivity contribution in [3.8, 4) is 0 Å². The summed E-state index contributed by atoms with van der Waals surface area (Å²) in [6.45, 7) is 6.16. The molecular formula is C19H30N2OS. The summed E-state index contributed by atoms with van der Waals surface area (Å²) < 4.78 is 0. The van der Waals surface area contributed by atoms with Gasteiger partial charge in [-0.3, -0.25) is 4.90 Å². The molecule has 1 aromatic rings. The van der Waals surface area contributed by atoms with E-state index in [9.17, 15) is 5.11 Å². The van der Waals surface area contributed by atoms with Gasteiger partial charge in [-0.2, -0.15) is 11.8 Å². The second-order valence-corrected chi connectivity index (χ2v) is 8.46. The molecule has 0 bridgehead atoms. The van der Waals surface area contributed by atoms with Crippen LogP contribution in [0.25, 0.3) is 0 Å². The van der Waals surface area contributed by atoms with Gasteiger partial charge in [-0.1, -0.05) is 30.3 Å². The number of thioether (sulfide) groups is 1. The van der Waals surface area contributed by atoms with Crippen LogP contribution >= 0.6 is 11.8 Å². The quantitative estimate of drug-likeness (QED) is 0.803. The largest absolute Gasteiger partial charge is 0.388 e. The van der Waals surface area contributed by atoms with Crippen molar-refractivity contribution in [2.75, 3.05) is 31.6 Å². The van der Waals surface area contributed by atoms with Crippen molar-refractivity contribution in [3.63, 3.8) is 0 Å². The second-order valence-electron chi connectivity index (χ2n) is 7.60. The molecule has 23 heavy (non-hydrogen) atoms. The highest BCUT2D eigenvalue weighted by Gasteiger charge is 2.42. The van der Waals surface area contributed by atoms with E-state index in [-0.39, 0.29) is 0 Å². The standard InChI is InChI=1S/C19H30N2OS/c1-19(22,14-23-2)13-20-18-9-8-16-11-21(12-17(16)18)10-15-6-4-3-5-7-15/h3-7,16-18,20,22H,8-14H2,1-2H3. The highest BCUT2D eigenvalue weighted by Crippen LogP contribution is 2.38. The average molecular weight is 335 g/mol. The molecule has 0 amide bonds. The Kier molecular flexibility index (Phi) is 5.68. The Bertz CT molecular complexity index is 493. The van der Waals surface area contributed by atoms with Gasteiger partial charge in [-0.25, -0.2) is 0 Å². The van der Waals surface area contributed by atoms with Crippen LogP contribution in [0.4, 0.5) is 0 Å². The van der Waals surface area contributed by atoms with E-state index in [1.165, 1.54) is 31.5 Å². The Morgan fingerprint density at radius 1 is 1.26 bits per heavy atom. The molecule has 2 N–H and O–H groups in total. The molecule has 0 aromatic heterocycles. The first kappa shape index (κ1) is 17.3. The Hall–Kier alpha value is -0.550. The lowest BCUT2D eigenvalue weighted by molar-refractivity contribution is 0.0792. The number of hydrogen-bond donors (Lipinski definition) is 2. The van der Waals surface area contributed by atoms with Gasteiger partial charge in [0.2, 0.25) is 0 Å². The molecule has 3 rings (SSSR count). The predicted molar refractivity (Wildman–Crippen MR) is 98.7 cm³/mol. The molecule has 0 radical (unpaired) electrons. The molecule has 1 aliphatic heterocycles. The average Bonchev–Trinajstić information content (AvgIpc) is 3.06. The molecule has 4 unspecified atom stereocenters. The molecule has 1 saturated carbocycles. The fourth-order valence-electron chi connectivity index (χ4n) is 4.29. The first-order valence-corrected chi connectivity index (χ1v) is 10.2. The zero-order valence-electron chi connectivity index (χ0n) is 14.4. The highest BCUT2D eigenvalue weighted by molar-refractivity contribution is 7.98. The number of rotatable bonds is 7. The van der Waals surface area contributed by atoms with Gasteiger partial charge in [0.25, 0.3) is 0 Å². The lowest BCUT2D eigenvalue weighted by Crippen LogP contribution is -2.46. The molecule has 1 saturated heterocycles. The molecule has 2 fully saturated rings. The van der Waals surface area contributed by atoms with Gasteiger partial charge in [0, 0.05) is 38.0 Å². The van der Waals surface area contributed by atoms with Crippen LogP contribution in [-0.2, 0) is 6.54 Å². The molecule has 0 spiro atoms. The van der Waals surface area contributed by atoms with E-state index >= 15 is 0 Å². The first-order valence-electron chi connectivity index (χ1n) is 8.78. The van der Waals surface area contributed by atoms with E-state index in [4.69, 9.17) is 0 Å². The number of nitrogens with zero attached hydrogens (tertiary/aromatic N) is 1. The first-order chi connectivity index (χ1) is 11.1. The summed E-state index contributed by atoms with van der Waals surface area (Å²) in [6.07, 6.45) is 4.65. The van der Waals surface area contributed by atoms with Crippen molar-refractivity contribution in [2.24, 2.45) is 11.8 Å². The van der Waals surface area contributed by atoms with Crippen molar-refractivity contribution in [1.29, 1.82) is 0 Å². The third-order valence-electron chi connectivity index (χ3n) is 5.38. The van der Waals surface area contributed by atoms with Crippen LogP contribution in [0.5, 0.6) is 0 Å². The molecule has 4 heteroatoms. The summed E-state index contributed by atoms with van der Waals surface area (Å²) in [5, 5.41) is 14.0. The Morgan fingerprint density at radius 3 is 2.78 bits per heavy atom. The molecule has 1 aliphatic carbocycles. The van der Waals surface area contributed by atoms with Crippen LogP contribution in [0.15, 0.2) is 30.3 Å². The van der Waals surface area contributed by atoms with Gasteiger partial charge in [0.05, 0.1) is 5.60 Å². The zero-order valence-corrected chi connectivity index (χ0v) is 15.2. The molecule has 1 heterocycles. The highest BCUT2D eigenvalue weighted by atomic mass is 32.2. The third kappa shape index (κ3) is 4.50. The lowest BCUT2D eigenvalue weighted by Gasteiger charge is -2.28. The summed E-state index contributed by atoms with van der Waals surface area (Å²) in [6, 6.07) is 11.4. The van der Waals surface area contributed by atoms with Crippen molar-refractivity contribution < 1.29 is 5.11 Å². The number of likely N-dealkylation sites (tertiary alicyclic amines) is 1. The Morgan fingerprint density at radius 2 is 2.04 bits per heavy atom. The fraction of sp³-hybridized carbons (Fsp3) is 0.684. The molecule has 1 aromatic carbocycles. The van der Waals surface area contributed by atoms with Crippen LogP contribution in [0, 0.1) is 11.8 Å². The Balaban J connectivity index is 1.51. The summed E-state index contributed by atoms with van der Waals surface area (Å²) >= 11 is 1.71. The van der Waals surface area contributed by atoms with Gasteiger partial charge in [0.15, 0.2) is 0 Å². The lowest BCUT2D eigenvalue weighted by atomic mass is 9.97. The third-order valence-corrected chi connectivity index (χ3v) is 6.29. The van der Waals surface area contributed by atoms with E-state index < -0.39 is 5.60 Å². The van der Waals surface area contributed by atoms with Crippen LogP contribution in [0.1, 0.15) is 25.3 Å². The maximum absolute atomic E-state index is 10.4. The predicted octanol–water partition coefficient (Wildman–Crippen LogP) is 2.60. The smallest absolute Gasteiger partial charge is 0.0833 e. The number of fused-ring (bicyclic) bond motifs is 1. The molecule has 128 valence electrons. The minimum absolute atomic E-state index is 0.578. The number of benzene rings is 1. The van der Waals surface area contributed by atoms with Crippen molar-refractivity contribution in [3.05, 3.63) is 35.9 Å². The fourth-order valence-corrected chi connectivity index (χ4v) is 5.02. The van der Waals surface area contributed by atoms with Gasteiger partial charge in [-0.05, 0) is 43.4 Å². The second kappa shape index (κ2) is 7.56. The van der Waals surface area contributed by atoms with Gasteiger partial charge >= 0.3 is 0 Å². The summed E-state index contributed by atoms with van der Waals surface area (Å²) in [5.74, 6) is 2.38. The van der Waals surface area contributed by atoms with Crippen molar-refractivity contribution in [1.82, 2.24) is 10.2 Å². The van der Waals surface area contributed by atoms with Crippen LogP contribution in [0.3, 0.4) is 0 Å². The molecular weight excluding hydrogens is 304 g/mol. The minimum atomic E-state index is -0.597.